The molecule has 0 fully saturated rings. The third-order valence-electron chi connectivity index (χ3n) is 5.22. The van der Waals surface area contributed by atoms with Crippen LogP contribution < -0.4 is 0 Å². The third-order valence-corrected chi connectivity index (χ3v) is 5.22. The standard InChI is InChI=1S/C17H36N2/c1-9-11-16(14(3)4)15(5)17(6,12-13-18-7)19(8)10-2/h14-16H,7,9-13H2,1-6,8H3/t15?,16-,17-/m1/s1. The lowest BCUT2D eigenvalue weighted by molar-refractivity contribution is 0.0294. The molecule has 0 aliphatic rings. The molecule has 2 nitrogen and oxygen atoms in total. The van der Waals surface area contributed by atoms with E-state index in [0.717, 1.165) is 31.3 Å². The Morgan fingerprint density at radius 2 is 1.79 bits per heavy atom. The second-order valence-corrected chi connectivity index (χ2v) is 6.55. The zero-order chi connectivity index (χ0) is 15.1. The van der Waals surface area contributed by atoms with Crippen LogP contribution in [0, 0.1) is 17.8 Å². The highest BCUT2D eigenvalue weighted by Gasteiger charge is 2.38. The maximum Gasteiger partial charge on any atom is 0.0399 e. The van der Waals surface area contributed by atoms with Gasteiger partial charge >= 0.3 is 0 Å². The van der Waals surface area contributed by atoms with Crippen molar-refractivity contribution >= 4 is 6.72 Å². The molecule has 19 heavy (non-hydrogen) atoms. The molecule has 3 atom stereocenters. The van der Waals surface area contributed by atoms with Gasteiger partial charge in [0.05, 0.1) is 0 Å². The van der Waals surface area contributed by atoms with Crippen LogP contribution in [0.5, 0.6) is 0 Å². The predicted octanol–water partition coefficient (Wildman–Crippen LogP) is 4.50. The molecule has 0 radical (unpaired) electrons. The summed E-state index contributed by atoms with van der Waals surface area (Å²) in [7, 11) is 2.25. The van der Waals surface area contributed by atoms with E-state index in [0.29, 0.717) is 5.92 Å². The monoisotopic (exact) mass is 268 g/mol. The molecule has 0 heterocycles. The molecule has 0 saturated heterocycles. The van der Waals surface area contributed by atoms with Crippen molar-refractivity contribution in [3.8, 4) is 0 Å². The van der Waals surface area contributed by atoms with Gasteiger partial charge in [0.25, 0.3) is 0 Å². The molecule has 0 spiro atoms. The SMILES string of the molecule is C=NCC[C@](C)(C(C)[C@H](CCC)C(C)C)N(C)CC. The molecule has 0 aromatic carbocycles. The van der Waals surface area contributed by atoms with Crippen LogP contribution >= 0.6 is 0 Å². The van der Waals surface area contributed by atoms with Crippen molar-refractivity contribution in [3.05, 3.63) is 0 Å². The summed E-state index contributed by atoms with van der Waals surface area (Å²) in [6.07, 6.45) is 3.71. The molecule has 1 unspecified atom stereocenters. The van der Waals surface area contributed by atoms with E-state index >= 15 is 0 Å². The topological polar surface area (TPSA) is 15.6 Å². The first-order chi connectivity index (χ1) is 8.84. The fraction of sp³-hybridized carbons (Fsp3) is 0.941. The quantitative estimate of drug-likeness (QED) is 0.533. The van der Waals surface area contributed by atoms with Crippen LogP contribution in [-0.4, -0.2) is 37.3 Å². The molecular weight excluding hydrogens is 232 g/mol. The highest BCUT2D eigenvalue weighted by Crippen LogP contribution is 2.38. The number of rotatable bonds is 10. The maximum absolute atomic E-state index is 4.09. The second kappa shape index (κ2) is 8.73. The minimum Gasteiger partial charge on any atom is -0.301 e. The summed E-state index contributed by atoms with van der Waals surface area (Å²) in [6.45, 7) is 19.8. The lowest BCUT2D eigenvalue weighted by Gasteiger charge is -2.47. The molecule has 0 bridgehead atoms. The molecule has 0 aromatic heterocycles. The Hall–Kier alpha value is -0.370. The fourth-order valence-corrected chi connectivity index (χ4v) is 3.39. The Bertz CT molecular complexity index is 250. The smallest absolute Gasteiger partial charge is 0.0399 e. The number of hydrogen-bond donors (Lipinski definition) is 0. The molecule has 114 valence electrons. The Balaban J connectivity index is 5.14. The molecular formula is C17H36N2. The van der Waals surface area contributed by atoms with E-state index in [1.807, 2.05) is 0 Å². The van der Waals surface area contributed by atoms with E-state index in [1.165, 1.54) is 12.8 Å². The lowest BCUT2D eigenvalue weighted by atomic mass is 9.69. The molecule has 0 amide bonds. The van der Waals surface area contributed by atoms with Crippen LogP contribution in [0.15, 0.2) is 4.99 Å². The highest BCUT2D eigenvalue weighted by molar-refractivity contribution is 5.23. The first kappa shape index (κ1) is 18.6. The summed E-state index contributed by atoms with van der Waals surface area (Å²) in [5, 5.41) is 0. The van der Waals surface area contributed by atoms with E-state index in [4.69, 9.17) is 0 Å². The van der Waals surface area contributed by atoms with Gasteiger partial charge < -0.3 is 9.89 Å². The van der Waals surface area contributed by atoms with Crippen LogP contribution in [-0.2, 0) is 0 Å². The van der Waals surface area contributed by atoms with Gasteiger partial charge in [-0.05, 0) is 51.4 Å². The van der Waals surface area contributed by atoms with Crippen molar-refractivity contribution in [3.63, 3.8) is 0 Å². The zero-order valence-electron chi connectivity index (χ0n) is 14.4. The summed E-state index contributed by atoms with van der Waals surface area (Å²) in [6, 6.07) is 0. The average Bonchev–Trinajstić information content (AvgIpc) is 2.39. The van der Waals surface area contributed by atoms with Crippen molar-refractivity contribution in [2.75, 3.05) is 20.1 Å². The predicted molar refractivity (Wildman–Crippen MR) is 88.1 cm³/mol. The largest absolute Gasteiger partial charge is 0.301 e. The van der Waals surface area contributed by atoms with E-state index in [1.54, 1.807) is 0 Å². The van der Waals surface area contributed by atoms with Gasteiger partial charge in [-0.25, -0.2) is 0 Å². The second-order valence-electron chi connectivity index (χ2n) is 6.55. The summed E-state index contributed by atoms with van der Waals surface area (Å²) in [5.41, 5.74) is 0.222. The molecule has 2 heteroatoms. The number of hydrogen-bond acceptors (Lipinski definition) is 2. The molecule has 0 aliphatic carbocycles. The minimum absolute atomic E-state index is 0.222. The molecule has 0 saturated carbocycles. The highest BCUT2D eigenvalue weighted by atomic mass is 15.2. The average molecular weight is 268 g/mol. The van der Waals surface area contributed by atoms with Gasteiger partial charge in [0, 0.05) is 12.1 Å². The third kappa shape index (κ3) is 4.91. The van der Waals surface area contributed by atoms with Crippen molar-refractivity contribution in [2.24, 2.45) is 22.7 Å². The van der Waals surface area contributed by atoms with Crippen molar-refractivity contribution < 1.29 is 0 Å². The normalized spacial score (nSPS) is 18.4. The van der Waals surface area contributed by atoms with Gasteiger partial charge in [-0.1, -0.05) is 47.5 Å². The Labute approximate surface area is 121 Å². The molecule has 0 aromatic rings. The van der Waals surface area contributed by atoms with Gasteiger partial charge in [-0.2, -0.15) is 0 Å². The van der Waals surface area contributed by atoms with Crippen LogP contribution in [0.1, 0.15) is 60.8 Å². The van der Waals surface area contributed by atoms with Crippen molar-refractivity contribution in [2.45, 2.75) is 66.3 Å². The number of aliphatic imine (C=N–C) groups is 1. The first-order valence-corrected chi connectivity index (χ1v) is 7.98. The molecule has 0 aliphatic heterocycles. The van der Waals surface area contributed by atoms with Crippen LogP contribution in [0.25, 0.3) is 0 Å². The molecule has 0 N–H and O–H groups in total. The maximum atomic E-state index is 4.09. The lowest BCUT2D eigenvalue weighted by Crippen LogP contribution is -2.52. The van der Waals surface area contributed by atoms with E-state index in [2.05, 4.69) is 65.2 Å². The number of nitrogens with zero attached hydrogens (tertiary/aromatic N) is 2. The van der Waals surface area contributed by atoms with Crippen LogP contribution in [0.3, 0.4) is 0 Å². The van der Waals surface area contributed by atoms with Gasteiger partial charge in [0.2, 0.25) is 0 Å². The first-order valence-electron chi connectivity index (χ1n) is 7.98. The van der Waals surface area contributed by atoms with Crippen LogP contribution in [0.4, 0.5) is 0 Å². The summed E-state index contributed by atoms with van der Waals surface area (Å²) in [4.78, 5) is 6.60. The molecule has 0 rings (SSSR count). The van der Waals surface area contributed by atoms with Gasteiger partial charge in [0.15, 0.2) is 0 Å². The van der Waals surface area contributed by atoms with Crippen LogP contribution in [0.2, 0.25) is 0 Å². The minimum atomic E-state index is 0.222. The van der Waals surface area contributed by atoms with Gasteiger partial charge in [0.1, 0.15) is 0 Å². The Morgan fingerprint density at radius 3 is 2.16 bits per heavy atom. The Morgan fingerprint density at radius 1 is 1.21 bits per heavy atom. The Kier molecular flexibility index (Phi) is 8.56. The fourth-order valence-electron chi connectivity index (χ4n) is 3.39. The van der Waals surface area contributed by atoms with E-state index in [9.17, 15) is 0 Å². The summed E-state index contributed by atoms with van der Waals surface area (Å²) >= 11 is 0. The zero-order valence-corrected chi connectivity index (χ0v) is 14.4. The summed E-state index contributed by atoms with van der Waals surface area (Å²) in [5.74, 6) is 2.21. The van der Waals surface area contributed by atoms with Crippen molar-refractivity contribution in [1.29, 1.82) is 0 Å². The summed E-state index contributed by atoms with van der Waals surface area (Å²) < 4.78 is 0. The van der Waals surface area contributed by atoms with E-state index < -0.39 is 0 Å². The van der Waals surface area contributed by atoms with Gasteiger partial charge in [-0.3, -0.25) is 0 Å². The van der Waals surface area contributed by atoms with E-state index in [-0.39, 0.29) is 5.54 Å². The van der Waals surface area contributed by atoms with Gasteiger partial charge in [-0.15, -0.1) is 0 Å². The van der Waals surface area contributed by atoms with Crippen molar-refractivity contribution in [1.82, 2.24) is 4.90 Å².